The van der Waals surface area contributed by atoms with Crippen molar-refractivity contribution in [2.24, 2.45) is 7.05 Å². The molecule has 0 bridgehead atoms. The molecule has 1 N–H and O–H groups in total. The van der Waals surface area contributed by atoms with Gasteiger partial charge in [-0.05, 0) is 54.2 Å². The van der Waals surface area contributed by atoms with Gasteiger partial charge in [0, 0.05) is 25.4 Å². The van der Waals surface area contributed by atoms with Gasteiger partial charge in [0.05, 0.1) is 6.20 Å². The number of fused-ring (bicyclic) bond motifs is 2. The zero-order chi connectivity index (χ0) is 28.1. The number of aryl methyl sites for hydroxylation is 2. The summed E-state index contributed by atoms with van der Waals surface area (Å²) in [5.74, 6) is -2.32. The van der Waals surface area contributed by atoms with Crippen LogP contribution in [0.4, 0.5) is 22.4 Å². The van der Waals surface area contributed by atoms with Crippen LogP contribution in [0.1, 0.15) is 30.0 Å². The monoisotopic (exact) mass is 543 g/mol. The van der Waals surface area contributed by atoms with E-state index in [0.717, 1.165) is 35.7 Å². The highest BCUT2D eigenvalue weighted by Gasteiger charge is 2.56. The third-order valence-electron chi connectivity index (χ3n) is 7.37. The first-order valence-corrected chi connectivity index (χ1v) is 12.3. The van der Waals surface area contributed by atoms with E-state index < -0.39 is 54.5 Å². The van der Waals surface area contributed by atoms with Gasteiger partial charge in [-0.1, -0.05) is 30.3 Å². The molecule has 0 radical (unpaired) electrons. The number of imide groups is 1. The Balaban J connectivity index is 1.39. The number of halogens is 4. The fourth-order valence-corrected chi connectivity index (χ4v) is 5.18. The first kappa shape index (κ1) is 26.4. The van der Waals surface area contributed by atoms with Gasteiger partial charge in [-0.2, -0.15) is 18.3 Å². The van der Waals surface area contributed by atoms with Crippen LogP contribution in [-0.2, 0) is 35.1 Å². The standard InChI is InChI=1S/C27H25F4N5O3/c1-16(27(29,30)31)35(13-17-3-6-21(28)7-4-17)23(37)15-36-24(38)26(33-25(36)39)10-9-19-11-18(5-8-22(19)26)20-12-32-34(2)14-20/h3-8,11-12,14,16H,9-10,13,15H2,1-2H3,(H,33,39)/t16?,26-/m0/s1. The Morgan fingerprint density at radius 3 is 2.51 bits per heavy atom. The maximum atomic E-state index is 13.6. The molecule has 1 unspecified atom stereocenters. The smallest absolute Gasteiger partial charge is 0.325 e. The van der Waals surface area contributed by atoms with E-state index in [-0.39, 0.29) is 12.0 Å². The summed E-state index contributed by atoms with van der Waals surface area (Å²) in [5.41, 5.74) is 2.09. The van der Waals surface area contributed by atoms with Gasteiger partial charge in [-0.25, -0.2) is 9.18 Å². The van der Waals surface area contributed by atoms with Crippen molar-refractivity contribution in [2.75, 3.05) is 6.54 Å². The van der Waals surface area contributed by atoms with E-state index in [4.69, 9.17) is 0 Å². The molecule has 2 heterocycles. The third-order valence-corrected chi connectivity index (χ3v) is 7.37. The number of amides is 4. The van der Waals surface area contributed by atoms with Gasteiger partial charge in [0.25, 0.3) is 5.91 Å². The maximum Gasteiger partial charge on any atom is 0.408 e. The average molecular weight is 544 g/mol. The topological polar surface area (TPSA) is 87.5 Å². The molecule has 1 fully saturated rings. The van der Waals surface area contributed by atoms with E-state index in [9.17, 15) is 31.9 Å². The largest absolute Gasteiger partial charge is 0.408 e. The predicted molar refractivity (Wildman–Crippen MR) is 131 cm³/mol. The number of urea groups is 1. The van der Waals surface area contributed by atoms with Crippen LogP contribution in [0.5, 0.6) is 0 Å². The summed E-state index contributed by atoms with van der Waals surface area (Å²) in [6.07, 6.45) is -0.459. The molecule has 4 amide bonds. The molecule has 39 heavy (non-hydrogen) atoms. The van der Waals surface area contributed by atoms with E-state index in [1.54, 1.807) is 24.0 Å². The second kappa shape index (κ2) is 9.51. The van der Waals surface area contributed by atoms with Gasteiger partial charge in [-0.3, -0.25) is 19.2 Å². The molecule has 3 aromatic rings. The number of hydrogen-bond donors (Lipinski definition) is 1. The lowest BCUT2D eigenvalue weighted by Gasteiger charge is -2.32. The van der Waals surface area contributed by atoms with Crippen molar-refractivity contribution in [3.8, 4) is 11.1 Å². The highest BCUT2D eigenvalue weighted by atomic mass is 19.4. The fourth-order valence-electron chi connectivity index (χ4n) is 5.18. The SMILES string of the molecule is CC(N(Cc1ccc(F)cc1)C(=O)CN1C(=O)N[C@]2(CCc3cc(-c4cnn(C)c4)ccc32)C1=O)C(F)(F)F. The predicted octanol–water partition coefficient (Wildman–Crippen LogP) is 3.90. The summed E-state index contributed by atoms with van der Waals surface area (Å²) in [4.78, 5) is 40.9. The van der Waals surface area contributed by atoms with Crippen LogP contribution in [0.3, 0.4) is 0 Å². The minimum absolute atomic E-state index is 0.256. The number of benzene rings is 2. The van der Waals surface area contributed by atoms with Crippen molar-refractivity contribution in [1.82, 2.24) is 24.9 Å². The quantitative estimate of drug-likeness (QED) is 0.378. The molecule has 1 spiro atoms. The van der Waals surface area contributed by atoms with Crippen molar-refractivity contribution in [3.63, 3.8) is 0 Å². The van der Waals surface area contributed by atoms with Crippen LogP contribution in [0, 0.1) is 5.82 Å². The van der Waals surface area contributed by atoms with Crippen LogP contribution in [0.15, 0.2) is 54.9 Å². The summed E-state index contributed by atoms with van der Waals surface area (Å²) in [6.45, 7) is -0.520. The number of rotatable bonds is 6. The third kappa shape index (κ3) is 4.75. The number of hydrogen-bond acceptors (Lipinski definition) is 4. The second-order valence-electron chi connectivity index (χ2n) is 9.87. The zero-order valence-corrected chi connectivity index (χ0v) is 21.1. The summed E-state index contributed by atoms with van der Waals surface area (Å²) in [7, 11) is 1.80. The summed E-state index contributed by atoms with van der Waals surface area (Å²) < 4.78 is 55.9. The second-order valence-corrected chi connectivity index (χ2v) is 9.87. The van der Waals surface area contributed by atoms with Crippen LogP contribution in [0.2, 0.25) is 0 Å². The lowest BCUT2D eigenvalue weighted by Crippen LogP contribution is -2.51. The van der Waals surface area contributed by atoms with Crippen molar-refractivity contribution in [1.29, 1.82) is 0 Å². The molecule has 204 valence electrons. The van der Waals surface area contributed by atoms with Crippen molar-refractivity contribution < 1.29 is 31.9 Å². The Morgan fingerprint density at radius 1 is 1.15 bits per heavy atom. The molecule has 2 aliphatic rings. The van der Waals surface area contributed by atoms with E-state index in [1.807, 2.05) is 18.3 Å². The van der Waals surface area contributed by atoms with Gasteiger partial charge < -0.3 is 10.2 Å². The van der Waals surface area contributed by atoms with Gasteiger partial charge in [0.2, 0.25) is 5.91 Å². The molecule has 1 saturated heterocycles. The Morgan fingerprint density at radius 2 is 1.87 bits per heavy atom. The lowest BCUT2D eigenvalue weighted by atomic mass is 9.90. The summed E-state index contributed by atoms with van der Waals surface area (Å²) in [5, 5.41) is 6.86. The molecule has 0 saturated carbocycles. The number of carbonyl (C=O) groups excluding carboxylic acids is 3. The average Bonchev–Trinajstić information content (AvgIpc) is 3.55. The first-order valence-electron chi connectivity index (χ1n) is 12.3. The zero-order valence-electron chi connectivity index (χ0n) is 21.1. The Kier molecular flexibility index (Phi) is 6.44. The summed E-state index contributed by atoms with van der Waals surface area (Å²) >= 11 is 0. The molecule has 2 aromatic carbocycles. The van der Waals surface area contributed by atoms with Gasteiger partial charge in [0.1, 0.15) is 23.9 Å². The molecule has 1 aliphatic carbocycles. The minimum atomic E-state index is -4.76. The van der Waals surface area contributed by atoms with Gasteiger partial charge in [0.15, 0.2) is 0 Å². The molecule has 12 heteroatoms. The van der Waals surface area contributed by atoms with Crippen molar-refractivity contribution in [2.45, 2.75) is 44.1 Å². The minimum Gasteiger partial charge on any atom is -0.325 e. The van der Waals surface area contributed by atoms with E-state index in [0.29, 0.717) is 21.8 Å². The molecular weight excluding hydrogens is 518 g/mol. The van der Waals surface area contributed by atoms with Crippen LogP contribution >= 0.6 is 0 Å². The Bertz CT molecular complexity index is 1450. The molecule has 8 nitrogen and oxygen atoms in total. The highest BCUT2D eigenvalue weighted by molar-refractivity contribution is 6.10. The van der Waals surface area contributed by atoms with E-state index in [2.05, 4.69) is 10.4 Å². The van der Waals surface area contributed by atoms with Gasteiger partial charge >= 0.3 is 12.2 Å². The van der Waals surface area contributed by atoms with E-state index >= 15 is 0 Å². The van der Waals surface area contributed by atoms with Crippen LogP contribution < -0.4 is 5.32 Å². The van der Waals surface area contributed by atoms with Crippen molar-refractivity contribution in [3.05, 3.63) is 77.4 Å². The number of carbonyl (C=O) groups is 3. The summed E-state index contributed by atoms with van der Waals surface area (Å²) in [6, 6.07) is 7.13. The number of nitrogens with one attached hydrogen (secondary N) is 1. The number of alkyl halides is 3. The number of aromatic nitrogens is 2. The normalized spacial score (nSPS) is 19.4. The molecular formula is C27H25F4N5O3. The molecule has 5 rings (SSSR count). The fraction of sp³-hybridized carbons (Fsp3) is 0.333. The maximum absolute atomic E-state index is 13.6. The number of nitrogens with zero attached hydrogens (tertiary/aromatic N) is 4. The molecule has 1 aliphatic heterocycles. The molecule has 2 atom stereocenters. The highest BCUT2D eigenvalue weighted by Crippen LogP contribution is 2.42. The van der Waals surface area contributed by atoms with Gasteiger partial charge in [-0.15, -0.1) is 0 Å². The Labute approximate surface area is 221 Å². The van der Waals surface area contributed by atoms with Crippen LogP contribution in [-0.4, -0.2) is 56.2 Å². The van der Waals surface area contributed by atoms with E-state index in [1.165, 1.54) is 12.1 Å². The molecule has 1 aromatic heterocycles. The lowest BCUT2D eigenvalue weighted by molar-refractivity contribution is -0.187. The Hall–Kier alpha value is -4.22. The van der Waals surface area contributed by atoms with Crippen molar-refractivity contribution >= 4 is 17.8 Å². The van der Waals surface area contributed by atoms with Crippen LogP contribution in [0.25, 0.3) is 11.1 Å². The first-order chi connectivity index (χ1) is 18.4.